The van der Waals surface area contributed by atoms with Crippen molar-refractivity contribution in [1.29, 1.82) is 0 Å². The molecule has 0 unspecified atom stereocenters. The van der Waals surface area contributed by atoms with E-state index in [2.05, 4.69) is 24.1 Å². The molecular formula is C14H22N2O. The van der Waals surface area contributed by atoms with Crippen LogP contribution in [0.15, 0.2) is 24.3 Å². The normalized spacial score (nSPS) is 16.6. The van der Waals surface area contributed by atoms with Gasteiger partial charge in [0.1, 0.15) is 5.75 Å². The minimum atomic E-state index is 0.463. The van der Waals surface area contributed by atoms with E-state index in [1.165, 1.54) is 18.5 Å². The van der Waals surface area contributed by atoms with Gasteiger partial charge in [-0.1, -0.05) is 12.1 Å². The number of nitrogens with two attached hydrogens (primary N) is 1. The maximum Gasteiger partial charge on any atom is 0.142 e. The summed E-state index contributed by atoms with van der Waals surface area (Å²) in [6, 6.07) is 8.17. The Hall–Kier alpha value is -1.22. The van der Waals surface area contributed by atoms with Gasteiger partial charge in [0, 0.05) is 13.6 Å². The molecule has 17 heavy (non-hydrogen) atoms. The number of ether oxygens (including phenoxy) is 1. The van der Waals surface area contributed by atoms with E-state index in [9.17, 15) is 0 Å². The molecule has 3 nitrogen and oxygen atoms in total. The van der Waals surface area contributed by atoms with Crippen LogP contribution in [0.2, 0.25) is 0 Å². The molecule has 0 radical (unpaired) electrons. The van der Waals surface area contributed by atoms with Crippen molar-refractivity contribution in [2.75, 3.05) is 32.1 Å². The highest BCUT2D eigenvalue weighted by molar-refractivity contribution is 5.58. The second kappa shape index (κ2) is 4.96. The lowest BCUT2D eigenvalue weighted by Gasteiger charge is -2.26. The van der Waals surface area contributed by atoms with E-state index in [0.717, 1.165) is 25.3 Å². The van der Waals surface area contributed by atoms with Crippen LogP contribution in [0, 0.1) is 5.41 Å². The summed E-state index contributed by atoms with van der Waals surface area (Å²) in [5.74, 6) is 0.943. The zero-order valence-electron chi connectivity index (χ0n) is 10.8. The first-order valence-electron chi connectivity index (χ1n) is 6.25. The number of anilines is 1. The Balaban J connectivity index is 2.06. The van der Waals surface area contributed by atoms with Crippen molar-refractivity contribution >= 4 is 5.69 Å². The molecular weight excluding hydrogens is 212 g/mol. The molecule has 0 spiro atoms. The van der Waals surface area contributed by atoms with E-state index < -0.39 is 0 Å². The first kappa shape index (κ1) is 12.2. The third-order valence-electron chi connectivity index (χ3n) is 3.70. The summed E-state index contributed by atoms with van der Waals surface area (Å²) in [4.78, 5) is 2.29. The number of hydrogen-bond donors (Lipinski definition) is 1. The van der Waals surface area contributed by atoms with E-state index in [4.69, 9.17) is 10.5 Å². The minimum absolute atomic E-state index is 0.463. The van der Waals surface area contributed by atoms with E-state index in [1.807, 2.05) is 12.1 Å². The molecule has 2 N–H and O–H groups in total. The van der Waals surface area contributed by atoms with Crippen LogP contribution in [-0.4, -0.2) is 27.2 Å². The van der Waals surface area contributed by atoms with Gasteiger partial charge in [-0.2, -0.15) is 0 Å². The number of para-hydroxylation sites is 2. The Morgan fingerprint density at radius 3 is 2.65 bits per heavy atom. The monoisotopic (exact) mass is 234 g/mol. The average Bonchev–Trinajstić information content (AvgIpc) is 3.09. The Morgan fingerprint density at radius 1 is 1.35 bits per heavy atom. The lowest BCUT2D eigenvalue weighted by molar-refractivity contribution is 0.411. The average molecular weight is 234 g/mol. The fourth-order valence-electron chi connectivity index (χ4n) is 2.50. The van der Waals surface area contributed by atoms with E-state index in [-0.39, 0.29) is 0 Å². The van der Waals surface area contributed by atoms with E-state index >= 15 is 0 Å². The standard InChI is InChI=1S/C14H22N2O/c1-16(11-14(7-8-14)9-10-15)12-5-3-4-6-13(12)17-2/h3-6H,7-11,15H2,1-2H3. The Kier molecular flexibility index (Phi) is 3.57. The van der Waals surface area contributed by atoms with Gasteiger partial charge in [0.05, 0.1) is 12.8 Å². The number of rotatable bonds is 6. The summed E-state index contributed by atoms with van der Waals surface area (Å²) in [5.41, 5.74) is 7.31. The van der Waals surface area contributed by atoms with Crippen LogP contribution in [0.3, 0.4) is 0 Å². The zero-order valence-corrected chi connectivity index (χ0v) is 10.8. The number of methoxy groups -OCH3 is 1. The lowest BCUT2D eigenvalue weighted by Crippen LogP contribution is -2.28. The largest absolute Gasteiger partial charge is 0.495 e. The van der Waals surface area contributed by atoms with Crippen LogP contribution < -0.4 is 15.4 Å². The van der Waals surface area contributed by atoms with Crippen LogP contribution in [0.1, 0.15) is 19.3 Å². The van der Waals surface area contributed by atoms with Crippen LogP contribution >= 0.6 is 0 Å². The van der Waals surface area contributed by atoms with Crippen molar-refractivity contribution in [3.05, 3.63) is 24.3 Å². The highest BCUT2D eigenvalue weighted by Gasteiger charge is 2.42. The predicted octanol–water partition coefficient (Wildman–Crippen LogP) is 2.26. The summed E-state index contributed by atoms with van der Waals surface area (Å²) in [5, 5.41) is 0. The summed E-state index contributed by atoms with van der Waals surface area (Å²) >= 11 is 0. The van der Waals surface area contributed by atoms with Crippen LogP contribution in [0.25, 0.3) is 0 Å². The predicted molar refractivity (Wildman–Crippen MR) is 71.6 cm³/mol. The number of hydrogen-bond acceptors (Lipinski definition) is 3. The van der Waals surface area contributed by atoms with Crippen molar-refractivity contribution in [2.45, 2.75) is 19.3 Å². The summed E-state index contributed by atoms with van der Waals surface area (Å²) < 4.78 is 5.39. The Bertz CT molecular complexity index is 374. The second-order valence-electron chi connectivity index (χ2n) is 5.07. The maximum atomic E-state index is 5.68. The molecule has 3 heteroatoms. The highest BCUT2D eigenvalue weighted by atomic mass is 16.5. The Labute approximate surface area is 104 Å². The van der Waals surface area contributed by atoms with Gasteiger partial charge in [-0.15, -0.1) is 0 Å². The van der Waals surface area contributed by atoms with Gasteiger partial charge in [0.2, 0.25) is 0 Å². The van der Waals surface area contributed by atoms with E-state index in [0.29, 0.717) is 5.41 Å². The highest BCUT2D eigenvalue weighted by Crippen LogP contribution is 2.49. The summed E-state index contributed by atoms with van der Waals surface area (Å²) in [7, 11) is 3.86. The van der Waals surface area contributed by atoms with Gasteiger partial charge in [-0.3, -0.25) is 0 Å². The molecule has 1 aliphatic carbocycles. The molecule has 0 amide bonds. The lowest BCUT2D eigenvalue weighted by atomic mass is 10.0. The van der Waals surface area contributed by atoms with Gasteiger partial charge in [-0.05, 0) is 43.4 Å². The smallest absolute Gasteiger partial charge is 0.142 e. The summed E-state index contributed by atoms with van der Waals surface area (Å²) in [6.45, 7) is 1.87. The number of nitrogens with zero attached hydrogens (tertiary/aromatic N) is 1. The SMILES string of the molecule is COc1ccccc1N(C)CC1(CCN)CC1. The molecule has 0 bridgehead atoms. The third kappa shape index (κ3) is 2.72. The molecule has 1 fully saturated rings. The molecule has 0 heterocycles. The zero-order chi connectivity index (χ0) is 12.3. The fourth-order valence-corrected chi connectivity index (χ4v) is 2.50. The van der Waals surface area contributed by atoms with Crippen molar-refractivity contribution < 1.29 is 4.74 Å². The molecule has 0 saturated heterocycles. The molecule has 0 aliphatic heterocycles. The quantitative estimate of drug-likeness (QED) is 0.820. The molecule has 0 atom stereocenters. The maximum absolute atomic E-state index is 5.68. The van der Waals surface area contributed by atoms with Gasteiger partial charge in [-0.25, -0.2) is 0 Å². The van der Waals surface area contributed by atoms with Crippen LogP contribution in [-0.2, 0) is 0 Å². The number of benzene rings is 1. The van der Waals surface area contributed by atoms with Crippen molar-refractivity contribution in [3.63, 3.8) is 0 Å². The fraction of sp³-hybridized carbons (Fsp3) is 0.571. The molecule has 1 saturated carbocycles. The molecule has 1 aliphatic rings. The van der Waals surface area contributed by atoms with Gasteiger partial charge < -0.3 is 15.4 Å². The van der Waals surface area contributed by atoms with Crippen molar-refractivity contribution in [1.82, 2.24) is 0 Å². The first-order valence-corrected chi connectivity index (χ1v) is 6.25. The van der Waals surface area contributed by atoms with Gasteiger partial charge >= 0.3 is 0 Å². The van der Waals surface area contributed by atoms with Crippen LogP contribution in [0.4, 0.5) is 5.69 Å². The van der Waals surface area contributed by atoms with E-state index in [1.54, 1.807) is 7.11 Å². The van der Waals surface area contributed by atoms with Crippen molar-refractivity contribution in [3.8, 4) is 5.75 Å². The second-order valence-corrected chi connectivity index (χ2v) is 5.07. The van der Waals surface area contributed by atoms with Gasteiger partial charge in [0.15, 0.2) is 0 Å². The first-order chi connectivity index (χ1) is 8.21. The third-order valence-corrected chi connectivity index (χ3v) is 3.70. The molecule has 0 aromatic heterocycles. The Morgan fingerprint density at radius 2 is 2.06 bits per heavy atom. The minimum Gasteiger partial charge on any atom is -0.495 e. The van der Waals surface area contributed by atoms with Gasteiger partial charge in [0.25, 0.3) is 0 Å². The molecule has 1 aromatic carbocycles. The molecule has 94 valence electrons. The summed E-state index contributed by atoms with van der Waals surface area (Å²) in [6.07, 6.45) is 3.75. The van der Waals surface area contributed by atoms with Crippen LogP contribution in [0.5, 0.6) is 5.75 Å². The molecule has 2 rings (SSSR count). The topological polar surface area (TPSA) is 38.5 Å². The van der Waals surface area contributed by atoms with Crippen molar-refractivity contribution in [2.24, 2.45) is 11.1 Å². The molecule has 1 aromatic rings.